The first-order chi connectivity index (χ1) is 9.62. The van der Waals surface area contributed by atoms with Crippen LogP contribution >= 0.6 is 0 Å². The summed E-state index contributed by atoms with van der Waals surface area (Å²) in [5.41, 5.74) is 2.64. The van der Waals surface area contributed by atoms with Crippen LogP contribution in [0.5, 0.6) is 11.5 Å². The van der Waals surface area contributed by atoms with E-state index in [4.69, 9.17) is 9.47 Å². The lowest BCUT2D eigenvalue weighted by atomic mass is 9.81. The second-order valence-corrected chi connectivity index (χ2v) is 8.64. The molecule has 1 aromatic rings. The predicted molar refractivity (Wildman–Crippen MR) is 86.3 cm³/mol. The Labute approximate surface area is 128 Å². The third kappa shape index (κ3) is 2.43. The number of hydrogen-bond donors (Lipinski definition) is 0. The summed E-state index contributed by atoms with van der Waals surface area (Å²) in [4.78, 5) is 0. The molecule has 1 aromatic carbocycles. The second kappa shape index (κ2) is 4.41. The van der Waals surface area contributed by atoms with Crippen molar-refractivity contribution < 1.29 is 9.47 Å². The Balaban J connectivity index is 2.15. The molecule has 116 valence electrons. The summed E-state index contributed by atoms with van der Waals surface area (Å²) in [6.07, 6.45) is 4.41. The van der Waals surface area contributed by atoms with Gasteiger partial charge in [0.15, 0.2) is 11.5 Å². The van der Waals surface area contributed by atoms with Crippen LogP contribution < -0.4 is 9.47 Å². The van der Waals surface area contributed by atoms with Gasteiger partial charge in [0.25, 0.3) is 5.79 Å². The standard InChI is InChI=1S/C19H28O2/c1-17(2,3)13-9-10-14(18(4,5)6)16-15(13)20-19(21-16)11-7-8-12-19/h9-10H,7-8,11-12H2,1-6H3. The van der Waals surface area contributed by atoms with E-state index in [2.05, 4.69) is 53.7 Å². The molecule has 0 aromatic heterocycles. The number of rotatable bonds is 0. The highest BCUT2D eigenvalue weighted by molar-refractivity contribution is 5.58. The zero-order valence-electron chi connectivity index (χ0n) is 14.3. The van der Waals surface area contributed by atoms with Gasteiger partial charge in [0.1, 0.15) is 0 Å². The average Bonchev–Trinajstić information content (AvgIpc) is 2.92. The Morgan fingerprint density at radius 2 is 1.14 bits per heavy atom. The summed E-state index contributed by atoms with van der Waals surface area (Å²) in [5.74, 6) is 1.61. The minimum absolute atomic E-state index is 0.0635. The van der Waals surface area contributed by atoms with Crippen molar-refractivity contribution in [1.82, 2.24) is 0 Å². The summed E-state index contributed by atoms with van der Waals surface area (Å²) < 4.78 is 12.9. The monoisotopic (exact) mass is 288 g/mol. The summed E-state index contributed by atoms with van der Waals surface area (Å²) >= 11 is 0. The first-order valence-electron chi connectivity index (χ1n) is 8.18. The molecule has 0 bridgehead atoms. The molecular weight excluding hydrogens is 260 g/mol. The van der Waals surface area contributed by atoms with Gasteiger partial charge < -0.3 is 9.47 Å². The Bertz CT molecular complexity index is 507. The molecule has 2 nitrogen and oxygen atoms in total. The van der Waals surface area contributed by atoms with Crippen molar-refractivity contribution in [3.63, 3.8) is 0 Å². The van der Waals surface area contributed by atoms with Gasteiger partial charge in [-0.15, -0.1) is 0 Å². The van der Waals surface area contributed by atoms with Gasteiger partial charge in [-0.3, -0.25) is 0 Å². The van der Waals surface area contributed by atoms with Crippen molar-refractivity contribution in [3.8, 4) is 11.5 Å². The molecule has 21 heavy (non-hydrogen) atoms. The third-order valence-electron chi connectivity index (χ3n) is 4.67. The van der Waals surface area contributed by atoms with Crippen LogP contribution in [0.3, 0.4) is 0 Å². The minimum atomic E-state index is -0.385. The SMILES string of the molecule is CC(C)(C)c1ccc(C(C)(C)C)c2c1OC1(CCCC1)O2. The summed E-state index contributed by atoms with van der Waals surface area (Å²) in [5, 5.41) is 0. The van der Waals surface area contributed by atoms with Gasteiger partial charge in [-0.1, -0.05) is 53.7 Å². The van der Waals surface area contributed by atoms with Crippen molar-refractivity contribution in [1.29, 1.82) is 0 Å². The van der Waals surface area contributed by atoms with Crippen molar-refractivity contribution in [2.24, 2.45) is 0 Å². The van der Waals surface area contributed by atoms with E-state index < -0.39 is 0 Å². The van der Waals surface area contributed by atoms with Gasteiger partial charge in [0.05, 0.1) is 0 Å². The Morgan fingerprint density at radius 1 is 0.762 bits per heavy atom. The van der Waals surface area contributed by atoms with Gasteiger partial charge >= 0.3 is 0 Å². The van der Waals surface area contributed by atoms with Crippen molar-refractivity contribution >= 4 is 0 Å². The maximum absolute atomic E-state index is 6.43. The van der Waals surface area contributed by atoms with E-state index in [1.54, 1.807) is 0 Å². The van der Waals surface area contributed by atoms with Crippen LogP contribution in [-0.2, 0) is 10.8 Å². The van der Waals surface area contributed by atoms with Crippen LogP contribution in [0, 0.1) is 0 Å². The lowest BCUT2D eigenvalue weighted by Crippen LogP contribution is -2.35. The molecule has 0 radical (unpaired) electrons. The summed E-state index contributed by atoms with van der Waals surface area (Å²) in [7, 11) is 0. The highest BCUT2D eigenvalue weighted by Gasteiger charge is 2.47. The molecule has 2 aliphatic rings. The quantitative estimate of drug-likeness (QED) is 0.643. The van der Waals surface area contributed by atoms with Gasteiger partial charge in [0.2, 0.25) is 0 Å². The zero-order valence-corrected chi connectivity index (χ0v) is 14.3. The highest BCUT2D eigenvalue weighted by atomic mass is 16.7. The third-order valence-corrected chi connectivity index (χ3v) is 4.67. The number of ether oxygens (including phenoxy) is 2. The van der Waals surface area contributed by atoms with Crippen LogP contribution in [-0.4, -0.2) is 5.79 Å². The molecule has 2 heteroatoms. The summed E-state index contributed by atoms with van der Waals surface area (Å²) in [6.45, 7) is 13.4. The lowest BCUT2D eigenvalue weighted by molar-refractivity contribution is -0.0726. The minimum Gasteiger partial charge on any atom is -0.448 e. The van der Waals surface area contributed by atoms with E-state index in [-0.39, 0.29) is 16.6 Å². The van der Waals surface area contributed by atoms with Crippen molar-refractivity contribution in [2.75, 3.05) is 0 Å². The van der Waals surface area contributed by atoms with Gasteiger partial charge in [0, 0.05) is 24.0 Å². The zero-order chi connectivity index (χ0) is 15.5. The second-order valence-electron chi connectivity index (χ2n) is 8.64. The smallest absolute Gasteiger partial charge is 0.251 e. The molecule has 1 spiro atoms. The molecule has 0 saturated heterocycles. The molecule has 1 aliphatic carbocycles. The Kier molecular flexibility index (Phi) is 3.10. The van der Waals surface area contributed by atoms with E-state index in [0.29, 0.717) is 0 Å². The fourth-order valence-electron chi connectivity index (χ4n) is 3.46. The fourth-order valence-corrected chi connectivity index (χ4v) is 3.46. The van der Waals surface area contributed by atoms with Crippen LogP contribution in [0.25, 0.3) is 0 Å². The molecule has 3 rings (SSSR count). The molecule has 0 amide bonds. The topological polar surface area (TPSA) is 18.5 Å². The molecule has 1 aliphatic heterocycles. The fraction of sp³-hybridized carbons (Fsp3) is 0.684. The summed E-state index contributed by atoms with van der Waals surface area (Å²) in [6, 6.07) is 4.47. The van der Waals surface area contributed by atoms with Crippen molar-refractivity contribution in [2.45, 2.75) is 83.8 Å². The van der Waals surface area contributed by atoms with Crippen molar-refractivity contribution in [3.05, 3.63) is 23.3 Å². The largest absolute Gasteiger partial charge is 0.448 e. The van der Waals surface area contributed by atoms with E-state index >= 15 is 0 Å². The Morgan fingerprint density at radius 3 is 1.48 bits per heavy atom. The molecule has 1 saturated carbocycles. The number of benzene rings is 1. The van der Waals surface area contributed by atoms with Gasteiger partial charge in [-0.2, -0.15) is 0 Å². The predicted octanol–water partition coefficient (Wildman–Crippen LogP) is 5.32. The maximum atomic E-state index is 6.43. The van der Waals surface area contributed by atoms with Crippen LogP contribution in [0.1, 0.15) is 78.4 Å². The van der Waals surface area contributed by atoms with Crippen LogP contribution in [0.4, 0.5) is 0 Å². The molecule has 0 atom stereocenters. The van der Waals surface area contributed by atoms with E-state index in [1.165, 1.54) is 24.0 Å². The highest BCUT2D eigenvalue weighted by Crippen LogP contribution is 2.54. The number of hydrogen-bond acceptors (Lipinski definition) is 2. The van der Waals surface area contributed by atoms with Gasteiger partial charge in [-0.25, -0.2) is 0 Å². The number of fused-ring (bicyclic) bond motifs is 1. The molecule has 0 N–H and O–H groups in total. The molecule has 1 heterocycles. The van der Waals surface area contributed by atoms with E-state index in [9.17, 15) is 0 Å². The molecular formula is C19H28O2. The first-order valence-corrected chi connectivity index (χ1v) is 8.18. The molecule has 0 unspecified atom stereocenters. The van der Waals surface area contributed by atoms with Gasteiger partial charge in [-0.05, 0) is 23.7 Å². The normalized spacial score (nSPS) is 20.3. The first kappa shape index (κ1) is 14.7. The Hall–Kier alpha value is -1.18. The van der Waals surface area contributed by atoms with Crippen LogP contribution in [0.2, 0.25) is 0 Å². The maximum Gasteiger partial charge on any atom is 0.251 e. The average molecular weight is 288 g/mol. The van der Waals surface area contributed by atoms with Crippen LogP contribution in [0.15, 0.2) is 12.1 Å². The van der Waals surface area contributed by atoms with E-state index in [1.807, 2.05) is 0 Å². The lowest BCUT2D eigenvalue weighted by Gasteiger charge is -2.25. The van der Waals surface area contributed by atoms with E-state index in [0.717, 1.165) is 24.3 Å². The molecule has 1 fully saturated rings.